The van der Waals surface area contributed by atoms with Crippen LogP contribution in [0, 0.1) is 41.5 Å². The largest absolute Gasteiger partial charge is 0.463 e. The summed E-state index contributed by atoms with van der Waals surface area (Å²) in [5, 5.41) is 0. The first-order valence-corrected chi connectivity index (χ1v) is 12.9. The normalized spacial score (nSPS) is 17.4. The van der Waals surface area contributed by atoms with Crippen LogP contribution >= 0.6 is 0 Å². The Morgan fingerprint density at radius 2 is 1.35 bits per heavy atom. The molecule has 1 saturated heterocycles. The van der Waals surface area contributed by atoms with E-state index in [0.29, 0.717) is 13.1 Å². The first kappa shape index (κ1) is 26.5. The van der Waals surface area contributed by atoms with E-state index in [1.54, 1.807) is 0 Å². The number of ether oxygens (including phenoxy) is 1. The summed E-state index contributed by atoms with van der Waals surface area (Å²) in [4.78, 5) is 41.9. The topological polar surface area (TPSA) is 70.2 Å². The highest BCUT2D eigenvalue weighted by atomic mass is 16.5. The molecule has 0 saturated carbocycles. The molecule has 1 fully saturated rings. The Morgan fingerprint density at radius 3 is 1.89 bits per heavy atom. The lowest BCUT2D eigenvalue weighted by atomic mass is 10.0. The maximum absolute atomic E-state index is 12.6. The molecule has 7 heteroatoms. The van der Waals surface area contributed by atoms with E-state index in [1.807, 2.05) is 0 Å². The minimum atomic E-state index is -0.328. The van der Waals surface area contributed by atoms with Gasteiger partial charge in [0.05, 0.1) is 12.7 Å². The standard InChI is InChI=1S/C30H37N3O4/c1-19-12-21(3)29(22(4)13-19)31-16-25(33(18-31)30-23(5)14-20(2)15-24(30)6)17-37-28(36)8-7-11-32-26(34)9-10-27(32)35/h9-10,12-15,25H,7-8,11,16-18H2,1-6H3. The molecule has 2 aromatic carbocycles. The van der Waals surface area contributed by atoms with Crippen LogP contribution in [0.5, 0.6) is 0 Å². The summed E-state index contributed by atoms with van der Waals surface area (Å²) in [5.41, 5.74) is 9.81. The highest BCUT2D eigenvalue weighted by Gasteiger charge is 2.34. The second-order valence-electron chi connectivity index (χ2n) is 10.4. The Hall–Kier alpha value is -3.61. The molecule has 0 N–H and O–H groups in total. The predicted molar refractivity (Wildman–Crippen MR) is 146 cm³/mol. The molecule has 1 atom stereocenters. The summed E-state index contributed by atoms with van der Waals surface area (Å²) in [6.07, 6.45) is 3.06. The minimum absolute atomic E-state index is 0.00454. The van der Waals surface area contributed by atoms with Gasteiger partial charge in [-0.25, -0.2) is 0 Å². The van der Waals surface area contributed by atoms with Crippen LogP contribution in [0.25, 0.3) is 0 Å². The first-order chi connectivity index (χ1) is 17.5. The summed E-state index contributed by atoms with van der Waals surface area (Å²) in [6, 6.07) is 8.83. The van der Waals surface area contributed by atoms with E-state index < -0.39 is 0 Å². The highest BCUT2D eigenvalue weighted by molar-refractivity contribution is 6.12. The molecule has 0 bridgehead atoms. The van der Waals surface area contributed by atoms with Crippen molar-refractivity contribution in [3.8, 4) is 0 Å². The maximum atomic E-state index is 12.6. The lowest BCUT2D eigenvalue weighted by Crippen LogP contribution is -2.36. The average Bonchev–Trinajstić information content (AvgIpc) is 3.34. The molecule has 2 amide bonds. The molecule has 4 rings (SSSR count). The lowest BCUT2D eigenvalue weighted by molar-refractivity contribution is -0.145. The summed E-state index contributed by atoms with van der Waals surface area (Å²) in [5.74, 6) is -0.971. The third-order valence-electron chi connectivity index (χ3n) is 7.17. The van der Waals surface area contributed by atoms with Crippen LogP contribution in [0.2, 0.25) is 0 Å². The van der Waals surface area contributed by atoms with Crippen LogP contribution in [0.4, 0.5) is 11.4 Å². The third-order valence-corrected chi connectivity index (χ3v) is 7.17. The van der Waals surface area contributed by atoms with Gasteiger partial charge in [0.2, 0.25) is 0 Å². The van der Waals surface area contributed by atoms with Crippen LogP contribution in [0.15, 0.2) is 36.4 Å². The van der Waals surface area contributed by atoms with E-state index >= 15 is 0 Å². The molecule has 2 heterocycles. The van der Waals surface area contributed by atoms with Crippen molar-refractivity contribution in [3.05, 3.63) is 69.8 Å². The quantitative estimate of drug-likeness (QED) is 0.392. The summed E-state index contributed by atoms with van der Waals surface area (Å²) in [6.45, 7) is 14.8. The molecule has 0 aromatic heterocycles. The number of carbonyl (C=O) groups is 3. The van der Waals surface area contributed by atoms with Crippen LogP contribution in [0.1, 0.15) is 46.2 Å². The molecule has 0 aliphatic carbocycles. The Balaban J connectivity index is 1.48. The van der Waals surface area contributed by atoms with Gasteiger partial charge in [0.15, 0.2) is 0 Å². The molecule has 2 aromatic rings. The summed E-state index contributed by atoms with van der Waals surface area (Å²) < 4.78 is 5.75. The van der Waals surface area contributed by atoms with Crippen molar-refractivity contribution < 1.29 is 19.1 Å². The van der Waals surface area contributed by atoms with Gasteiger partial charge in [-0.3, -0.25) is 19.3 Å². The van der Waals surface area contributed by atoms with Gasteiger partial charge in [0.1, 0.15) is 6.61 Å². The molecular formula is C30H37N3O4. The zero-order chi connectivity index (χ0) is 26.9. The van der Waals surface area contributed by atoms with Crippen molar-refractivity contribution in [1.29, 1.82) is 0 Å². The molecule has 196 valence electrons. The van der Waals surface area contributed by atoms with Gasteiger partial charge in [-0.1, -0.05) is 35.4 Å². The van der Waals surface area contributed by atoms with Gasteiger partial charge in [0, 0.05) is 43.0 Å². The van der Waals surface area contributed by atoms with E-state index in [1.165, 1.54) is 56.9 Å². The SMILES string of the molecule is Cc1cc(C)c(N2CC(COC(=O)CCCN3C(=O)C=CC3=O)N(c3c(C)cc(C)cc3C)C2)c(C)c1. The van der Waals surface area contributed by atoms with Gasteiger partial charge in [-0.15, -0.1) is 0 Å². The average molecular weight is 504 g/mol. The number of esters is 1. The summed E-state index contributed by atoms with van der Waals surface area (Å²) in [7, 11) is 0. The number of benzene rings is 2. The molecule has 1 unspecified atom stereocenters. The van der Waals surface area contributed by atoms with E-state index in [2.05, 4.69) is 75.6 Å². The number of hydrogen-bond donors (Lipinski definition) is 0. The van der Waals surface area contributed by atoms with E-state index in [0.717, 1.165) is 11.4 Å². The lowest BCUT2D eigenvalue weighted by Gasteiger charge is -2.29. The van der Waals surface area contributed by atoms with Gasteiger partial charge in [-0.2, -0.15) is 0 Å². The molecule has 37 heavy (non-hydrogen) atoms. The number of amides is 2. The van der Waals surface area contributed by atoms with Crippen molar-refractivity contribution in [2.24, 2.45) is 0 Å². The number of carbonyl (C=O) groups excluding carboxylic acids is 3. The number of rotatable bonds is 8. The smallest absolute Gasteiger partial charge is 0.305 e. The molecule has 0 radical (unpaired) electrons. The Bertz CT molecular complexity index is 1200. The van der Waals surface area contributed by atoms with Crippen LogP contribution in [-0.4, -0.2) is 55.1 Å². The number of hydrogen-bond acceptors (Lipinski definition) is 6. The van der Waals surface area contributed by atoms with Crippen molar-refractivity contribution in [2.45, 2.75) is 60.4 Å². The monoisotopic (exact) mass is 503 g/mol. The maximum Gasteiger partial charge on any atom is 0.305 e. The number of anilines is 2. The first-order valence-electron chi connectivity index (χ1n) is 12.9. The number of nitrogens with zero attached hydrogens (tertiary/aromatic N) is 3. The third kappa shape index (κ3) is 5.71. The van der Waals surface area contributed by atoms with E-state index in [4.69, 9.17) is 4.74 Å². The van der Waals surface area contributed by atoms with Gasteiger partial charge in [0.25, 0.3) is 11.8 Å². The number of aryl methyl sites for hydroxylation is 6. The van der Waals surface area contributed by atoms with E-state index in [-0.39, 0.29) is 43.4 Å². The zero-order valence-corrected chi connectivity index (χ0v) is 22.8. The Morgan fingerprint density at radius 1 is 0.838 bits per heavy atom. The fraction of sp³-hybridized carbons (Fsp3) is 0.433. The molecule has 2 aliphatic heterocycles. The van der Waals surface area contributed by atoms with Gasteiger partial charge in [-0.05, 0) is 70.2 Å². The fourth-order valence-corrected chi connectivity index (χ4v) is 5.86. The predicted octanol–water partition coefficient (Wildman–Crippen LogP) is 4.44. The molecular weight excluding hydrogens is 466 g/mol. The highest BCUT2D eigenvalue weighted by Crippen LogP contribution is 2.35. The van der Waals surface area contributed by atoms with Crippen LogP contribution < -0.4 is 9.80 Å². The molecule has 2 aliphatic rings. The second kappa shape index (κ2) is 10.8. The molecule has 7 nitrogen and oxygen atoms in total. The van der Waals surface area contributed by atoms with Crippen LogP contribution in [0.3, 0.4) is 0 Å². The fourth-order valence-electron chi connectivity index (χ4n) is 5.86. The number of imide groups is 1. The van der Waals surface area contributed by atoms with Crippen molar-refractivity contribution >= 4 is 29.2 Å². The van der Waals surface area contributed by atoms with Gasteiger partial charge >= 0.3 is 5.97 Å². The van der Waals surface area contributed by atoms with Gasteiger partial charge < -0.3 is 14.5 Å². The Labute approximate surface area is 219 Å². The van der Waals surface area contributed by atoms with E-state index in [9.17, 15) is 14.4 Å². The van der Waals surface area contributed by atoms with Crippen molar-refractivity contribution in [3.63, 3.8) is 0 Å². The minimum Gasteiger partial charge on any atom is -0.463 e. The summed E-state index contributed by atoms with van der Waals surface area (Å²) >= 11 is 0. The van der Waals surface area contributed by atoms with Crippen molar-refractivity contribution in [2.75, 3.05) is 36.2 Å². The van der Waals surface area contributed by atoms with Crippen LogP contribution in [-0.2, 0) is 19.1 Å². The second-order valence-corrected chi connectivity index (χ2v) is 10.4. The zero-order valence-electron chi connectivity index (χ0n) is 22.8. The van der Waals surface area contributed by atoms with Crippen molar-refractivity contribution in [1.82, 2.24) is 4.90 Å². The Kier molecular flexibility index (Phi) is 7.71. The molecule has 0 spiro atoms.